The maximum absolute atomic E-state index is 13.3. The first-order valence-electron chi connectivity index (χ1n) is 12.1. The van der Waals surface area contributed by atoms with E-state index in [1.807, 2.05) is 23.6 Å². The Morgan fingerprint density at radius 1 is 1.19 bits per heavy atom. The number of halogens is 3. The molecule has 0 amide bonds. The van der Waals surface area contributed by atoms with Crippen molar-refractivity contribution in [3.8, 4) is 0 Å². The molecule has 0 aliphatic carbocycles. The number of esters is 1. The van der Waals surface area contributed by atoms with Crippen LogP contribution in [-0.2, 0) is 35.2 Å². The van der Waals surface area contributed by atoms with Crippen LogP contribution in [0.15, 0.2) is 6.07 Å². The molecular weight excluding hydrogens is 495 g/mol. The van der Waals surface area contributed by atoms with Crippen molar-refractivity contribution >= 4 is 39.3 Å². The number of fused-ring (bicyclic) bond motifs is 2. The second-order valence-corrected chi connectivity index (χ2v) is 10.6. The van der Waals surface area contributed by atoms with Gasteiger partial charge in [-0.3, -0.25) is 4.79 Å². The maximum atomic E-state index is 13.3. The van der Waals surface area contributed by atoms with Crippen LogP contribution in [0.1, 0.15) is 50.1 Å². The largest absolute Gasteiger partial charge is 0.463 e. The zero-order valence-corrected chi connectivity index (χ0v) is 21.2. The fourth-order valence-electron chi connectivity index (χ4n) is 4.71. The Kier molecular flexibility index (Phi) is 6.52. The van der Waals surface area contributed by atoms with Crippen LogP contribution in [0.3, 0.4) is 0 Å². The number of aryl methyl sites for hydroxylation is 1. The van der Waals surface area contributed by atoms with Crippen LogP contribution in [0.4, 0.5) is 24.9 Å². The summed E-state index contributed by atoms with van der Waals surface area (Å²) >= 11 is 1.60. The van der Waals surface area contributed by atoms with Gasteiger partial charge in [0.1, 0.15) is 10.6 Å². The van der Waals surface area contributed by atoms with Gasteiger partial charge in [-0.1, -0.05) is 13.3 Å². The first-order valence-corrected chi connectivity index (χ1v) is 13.0. The number of alkyl halides is 3. The third kappa shape index (κ3) is 4.72. The molecule has 194 valence electrons. The quantitative estimate of drug-likeness (QED) is 0.447. The van der Waals surface area contributed by atoms with Crippen LogP contribution in [-0.4, -0.2) is 56.4 Å². The minimum atomic E-state index is -4.55. The summed E-state index contributed by atoms with van der Waals surface area (Å²) in [4.78, 5) is 28.1. The van der Waals surface area contributed by atoms with Crippen molar-refractivity contribution in [3.63, 3.8) is 0 Å². The van der Waals surface area contributed by atoms with Crippen molar-refractivity contribution in [1.29, 1.82) is 0 Å². The molecule has 1 atom stereocenters. The third-order valence-corrected chi connectivity index (χ3v) is 7.46. The normalized spacial score (nSPS) is 18.4. The minimum absolute atomic E-state index is 0.108. The van der Waals surface area contributed by atoms with E-state index >= 15 is 0 Å². The number of hydrogen-bond donors (Lipinski definition) is 0. The second kappa shape index (κ2) is 9.49. The molecule has 13 heteroatoms. The van der Waals surface area contributed by atoms with Crippen molar-refractivity contribution in [2.45, 2.75) is 65.4 Å². The minimum Gasteiger partial charge on any atom is -0.463 e. The molecule has 3 aromatic heterocycles. The topological polar surface area (TPSA) is 89.3 Å². The molecule has 0 radical (unpaired) electrons. The van der Waals surface area contributed by atoms with Gasteiger partial charge in [0.05, 0.1) is 24.0 Å². The van der Waals surface area contributed by atoms with E-state index < -0.39 is 12.0 Å². The molecule has 5 heterocycles. The van der Waals surface area contributed by atoms with Crippen LogP contribution in [0.5, 0.6) is 0 Å². The summed E-state index contributed by atoms with van der Waals surface area (Å²) < 4.78 is 46.4. The number of anilines is 2. The number of hydrogen-bond acceptors (Lipinski definition) is 9. The molecule has 0 saturated carbocycles. The Bertz CT molecular complexity index is 1270. The van der Waals surface area contributed by atoms with E-state index in [9.17, 15) is 18.0 Å². The Balaban J connectivity index is 1.47. The van der Waals surface area contributed by atoms with E-state index in [0.29, 0.717) is 37.8 Å². The zero-order valence-electron chi connectivity index (χ0n) is 20.4. The summed E-state index contributed by atoms with van der Waals surface area (Å²) in [5.74, 6) is 0.00994. The molecule has 1 fully saturated rings. The molecule has 0 aromatic carbocycles. The van der Waals surface area contributed by atoms with E-state index in [1.54, 1.807) is 11.3 Å². The molecule has 3 aromatic rings. The van der Waals surface area contributed by atoms with Gasteiger partial charge in [0, 0.05) is 31.1 Å². The number of ether oxygens (including phenoxy) is 1. The van der Waals surface area contributed by atoms with Crippen LogP contribution in [0, 0.1) is 5.92 Å². The van der Waals surface area contributed by atoms with Crippen LogP contribution < -0.4 is 9.80 Å². The van der Waals surface area contributed by atoms with Gasteiger partial charge in [0.2, 0.25) is 11.8 Å². The number of thiophene rings is 1. The van der Waals surface area contributed by atoms with Crippen LogP contribution in [0.2, 0.25) is 0 Å². The Labute approximate surface area is 210 Å². The highest BCUT2D eigenvalue weighted by Crippen LogP contribution is 2.37. The van der Waals surface area contributed by atoms with Gasteiger partial charge in [-0.05, 0) is 32.8 Å². The van der Waals surface area contributed by atoms with Gasteiger partial charge < -0.3 is 19.1 Å². The molecule has 0 bridgehead atoms. The molecular formula is C23H28F3N7O2S. The van der Waals surface area contributed by atoms with Crippen molar-refractivity contribution in [2.24, 2.45) is 5.92 Å². The van der Waals surface area contributed by atoms with Gasteiger partial charge in [0.15, 0.2) is 5.82 Å². The van der Waals surface area contributed by atoms with Gasteiger partial charge in [-0.15, -0.1) is 21.5 Å². The van der Waals surface area contributed by atoms with Crippen molar-refractivity contribution in [2.75, 3.05) is 29.4 Å². The highest BCUT2D eigenvalue weighted by molar-refractivity contribution is 7.18. The molecule has 0 unspecified atom stereocenters. The van der Waals surface area contributed by atoms with Crippen molar-refractivity contribution in [1.82, 2.24) is 24.7 Å². The lowest BCUT2D eigenvalue weighted by Gasteiger charge is -2.30. The number of rotatable bonds is 6. The number of carbonyl (C=O) groups is 1. The number of aromatic nitrogens is 5. The van der Waals surface area contributed by atoms with Crippen molar-refractivity contribution in [3.05, 3.63) is 22.6 Å². The number of nitrogens with zero attached hydrogens (tertiary/aromatic N) is 7. The second-order valence-electron chi connectivity index (χ2n) is 9.46. The lowest BCUT2D eigenvalue weighted by atomic mass is 10.1. The molecule has 0 spiro atoms. The SMILES string of the molecule is CCCc1cc2c(N3CCn4c(nnc4C(F)(F)F)C3)nc(N3CC[C@H](C(=O)OC(C)C)C3)nc2s1. The van der Waals surface area contributed by atoms with Gasteiger partial charge in [-0.2, -0.15) is 18.2 Å². The summed E-state index contributed by atoms with van der Waals surface area (Å²) in [5, 5.41) is 8.09. The van der Waals surface area contributed by atoms with E-state index in [2.05, 4.69) is 23.2 Å². The average molecular weight is 524 g/mol. The first-order chi connectivity index (χ1) is 17.1. The predicted molar refractivity (Wildman–Crippen MR) is 129 cm³/mol. The molecule has 2 aliphatic heterocycles. The van der Waals surface area contributed by atoms with Crippen molar-refractivity contribution < 1.29 is 22.7 Å². The van der Waals surface area contributed by atoms with E-state index in [-0.39, 0.29) is 36.9 Å². The lowest BCUT2D eigenvalue weighted by Crippen LogP contribution is -2.36. The average Bonchev–Trinajstić information content (AvgIpc) is 3.54. The maximum Gasteiger partial charge on any atom is 0.451 e. The molecule has 1 saturated heterocycles. The number of carbonyl (C=O) groups excluding carboxylic acids is 1. The Morgan fingerprint density at radius 3 is 2.72 bits per heavy atom. The monoisotopic (exact) mass is 523 g/mol. The summed E-state index contributed by atoms with van der Waals surface area (Å²) in [5.41, 5.74) is 0. The van der Waals surface area contributed by atoms with E-state index in [1.165, 1.54) is 4.88 Å². The van der Waals surface area contributed by atoms with Gasteiger partial charge in [-0.25, -0.2) is 4.98 Å². The summed E-state index contributed by atoms with van der Waals surface area (Å²) in [6, 6.07) is 2.08. The predicted octanol–water partition coefficient (Wildman–Crippen LogP) is 4.05. The smallest absolute Gasteiger partial charge is 0.451 e. The fraction of sp³-hybridized carbons (Fsp3) is 0.609. The fourth-order valence-corrected chi connectivity index (χ4v) is 5.83. The Hall–Kier alpha value is -2.96. The lowest BCUT2D eigenvalue weighted by molar-refractivity contribution is -0.151. The summed E-state index contributed by atoms with van der Waals surface area (Å²) in [6.07, 6.45) is -2.17. The molecule has 36 heavy (non-hydrogen) atoms. The molecule has 5 rings (SSSR count). The Morgan fingerprint density at radius 2 is 2.00 bits per heavy atom. The van der Waals surface area contributed by atoms with Gasteiger partial charge >= 0.3 is 12.1 Å². The van der Waals surface area contributed by atoms with E-state index in [0.717, 1.165) is 27.6 Å². The highest BCUT2D eigenvalue weighted by Gasteiger charge is 2.40. The zero-order chi connectivity index (χ0) is 25.6. The van der Waals surface area contributed by atoms with Crippen LogP contribution >= 0.6 is 11.3 Å². The van der Waals surface area contributed by atoms with E-state index in [4.69, 9.17) is 14.7 Å². The molecule has 9 nitrogen and oxygen atoms in total. The summed E-state index contributed by atoms with van der Waals surface area (Å²) in [6.45, 7) is 7.46. The molecule has 0 N–H and O–H groups in total. The highest BCUT2D eigenvalue weighted by atomic mass is 32.1. The molecule has 2 aliphatic rings. The van der Waals surface area contributed by atoms with Gasteiger partial charge in [0.25, 0.3) is 0 Å². The summed E-state index contributed by atoms with van der Waals surface area (Å²) in [7, 11) is 0. The van der Waals surface area contributed by atoms with Crippen LogP contribution in [0.25, 0.3) is 10.2 Å². The first kappa shape index (κ1) is 24.7. The third-order valence-electron chi connectivity index (χ3n) is 6.37. The standard InChI is InChI=1S/C23H28F3N7O2S/c1-4-5-15-10-16-18(31-8-9-33-17(12-31)29-30-21(33)23(24,25)26)27-22(28-19(16)36-15)32-7-6-14(11-32)20(34)35-13(2)3/h10,13-14H,4-9,11-12H2,1-3H3/t14-/m0/s1.